The Morgan fingerprint density at radius 3 is 2.79 bits per heavy atom. The third-order valence-electron chi connectivity index (χ3n) is 4.29. The molecule has 2 aromatic heterocycles. The Hall–Kier alpha value is -1.63. The number of hydrogen-bond donors (Lipinski definition) is 1. The molecule has 0 aliphatic carbocycles. The first-order valence-electron chi connectivity index (χ1n) is 7.78. The summed E-state index contributed by atoms with van der Waals surface area (Å²) in [6.07, 6.45) is 6.91. The number of carboxylic acids is 1. The van der Waals surface area contributed by atoms with Gasteiger partial charge in [-0.2, -0.15) is 5.10 Å². The zero-order valence-corrected chi connectivity index (χ0v) is 14.5. The maximum atomic E-state index is 11.0. The smallest absolute Gasteiger partial charge is 0.325 e. The monoisotopic (exact) mass is 368 g/mol. The molecule has 8 heteroatoms. The molecule has 1 atom stereocenters. The number of aromatic nitrogens is 3. The third kappa shape index (κ3) is 3.88. The standard InChI is InChI=1S/C16H18Cl2N4O2/c17-13-6-19-7-14(18)12(13)9-21-5-1-2-11(8-21)15-3-4-20-22(15)10-16(23)24/h3-4,6-7,11H,1-2,5,8-10H2,(H,23,24)/t11-/m0/s1. The summed E-state index contributed by atoms with van der Waals surface area (Å²) in [6.45, 7) is 2.32. The predicted molar refractivity (Wildman–Crippen MR) is 91.4 cm³/mol. The molecule has 128 valence electrons. The van der Waals surface area contributed by atoms with Crippen molar-refractivity contribution >= 4 is 29.2 Å². The largest absolute Gasteiger partial charge is 0.480 e. The van der Waals surface area contributed by atoms with E-state index in [1.54, 1.807) is 23.3 Å². The highest BCUT2D eigenvalue weighted by Crippen LogP contribution is 2.30. The maximum absolute atomic E-state index is 11.0. The van der Waals surface area contributed by atoms with Crippen LogP contribution in [0.4, 0.5) is 0 Å². The van der Waals surface area contributed by atoms with Gasteiger partial charge in [0.1, 0.15) is 6.54 Å². The Labute approximate surface area is 150 Å². The maximum Gasteiger partial charge on any atom is 0.325 e. The molecule has 1 aliphatic rings. The van der Waals surface area contributed by atoms with Gasteiger partial charge in [-0.15, -0.1) is 0 Å². The zero-order chi connectivity index (χ0) is 17.1. The van der Waals surface area contributed by atoms with Crippen LogP contribution in [0.25, 0.3) is 0 Å². The Bertz CT molecular complexity index is 714. The molecule has 24 heavy (non-hydrogen) atoms. The predicted octanol–water partition coefficient (Wildman–Crippen LogP) is 3.05. The second-order valence-corrected chi connectivity index (χ2v) is 6.78. The molecule has 1 N–H and O–H groups in total. The van der Waals surface area contributed by atoms with Crippen molar-refractivity contribution in [2.45, 2.75) is 31.8 Å². The van der Waals surface area contributed by atoms with Crippen molar-refractivity contribution in [3.8, 4) is 0 Å². The van der Waals surface area contributed by atoms with Crippen molar-refractivity contribution in [1.29, 1.82) is 0 Å². The zero-order valence-electron chi connectivity index (χ0n) is 13.0. The molecule has 1 fully saturated rings. The topological polar surface area (TPSA) is 71.2 Å². The Balaban J connectivity index is 1.73. The lowest BCUT2D eigenvalue weighted by Crippen LogP contribution is -2.35. The molecule has 1 aliphatic heterocycles. The Morgan fingerprint density at radius 2 is 2.08 bits per heavy atom. The summed E-state index contributed by atoms with van der Waals surface area (Å²) < 4.78 is 1.57. The Kier molecular flexibility index (Phi) is 5.38. The van der Waals surface area contributed by atoms with E-state index >= 15 is 0 Å². The van der Waals surface area contributed by atoms with Gasteiger partial charge in [0.15, 0.2) is 0 Å². The number of piperidine rings is 1. The number of carbonyl (C=O) groups is 1. The van der Waals surface area contributed by atoms with Crippen molar-refractivity contribution in [2.75, 3.05) is 13.1 Å². The van der Waals surface area contributed by atoms with E-state index in [9.17, 15) is 4.79 Å². The van der Waals surface area contributed by atoms with Gasteiger partial charge < -0.3 is 5.11 Å². The van der Waals surface area contributed by atoms with Crippen LogP contribution in [0.2, 0.25) is 10.0 Å². The molecular weight excluding hydrogens is 351 g/mol. The highest BCUT2D eigenvalue weighted by atomic mass is 35.5. The van der Waals surface area contributed by atoms with E-state index in [0.29, 0.717) is 16.6 Å². The van der Waals surface area contributed by atoms with Gasteiger partial charge >= 0.3 is 5.97 Å². The number of pyridine rings is 1. The van der Waals surface area contributed by atoms with Gasteiger partial charge in [0, 0.05) is 48.9 Å². The number of likely N-dealkylation sites (tertiary alicyclic amines) is 1. The molecule has 1 saturated heterocycles. The van der Waals surface area contributed by atoms with Crippen LogP contribution >= 0.6 is 23.2 Å². The van der Waals surface area contributed by atoms with Crippen LogP contribution in [0.15, 0.2) is 24.7 Å². The SMILES string of the molecule is O=C(O)Cn1nccc1[C@H]1CCCN(Cc2c(Cl)cncc2Cl)C1. The minimum absolute atomic E-state index is 0.110. The molecule has 0 amide bonds. The van der Waals surface area contributed by atoms with E-state index in [4.69, 9.17) is 28.3 Å². The lowest BCUT2D eigenvalue weighted by Gasteiger charge is -2.33. The van der Waals surface area contributed by atoms with Crippen LogP contribution in [-0.2, 0) is 17.9 Å². The van der Waals surface area contributed by atoms with Crippen LogP contribution < -0.4 is 0 Å². The summed E-state index contributed by atoms with van der Waals surface area (Å²) >= 11 is 12.4. The lowest BCUT2D eigenvalue weighted by atomic mass is 9.94. The first-order valence-corrected chi connectivity index (χ1v) is 8.54. The molecule has 3 heterocycles. The van der Waals surface area contributed by atoms with Gasteiger partial charge in [-0.25, -0.2) is 0 Å². The van der Waals surface area contributed by atoms with Crippen LogP contribution in [-0.4, -0.2) is 43.8 Å². The van der Waals surface area contributed by atoms with E-state index in [1.807, 2.05) is 6.07 Å². The summed E-state index contributed by atoms with van der Waals surface area (Å²) in [6, 6.07) is 1.91. The average Bonchev–Trinajstić information content (AvgIpc) is 2.99. The lowest BCUT2D eigenvalue weighted by molar-refractivity contribution is -0.137. The summed E-state index contributed by atoms with van der Waals surface area (Å²) in [5.41, 5.74) is 1.85. The van der Waals surface area contributed by atoms with E-state index in [1.165, 1.54) is 0 Å². The van der Waals surface area contributed by atoms with Gasteiger partial charge in [0.2, 0.25) is 0 Å². The quantitative estimate of drug-likeness (QED) is 0.877. The summed E-state index contributed by atoms with van der Waals surface area (Å²) in [5, 5.41) is 14.3. The second kappa shape index (κ2) is 7.51. The van der Waals surface area contributed by atoms with Crippen molar-refractivity contribution in [1.82, 2.24) is 19.7 Å². The summed E-state index contributed by atoms with van der Waals surface area (Å²) in [7, 11) is 0. The normalized spacial score (nSPS) is 18.7. The Morgan fingerprint density at radius 1 is 1.33 bits per heavy atom. The molecule has 0 saturated carbocycles. The van der Waals surface area contributed by atoms with Crippen LogP contribution in [0, 0.1) is 0 Å². The first-order chi connectivity index (χ1) is 11.5. The number of rotatable bonds is 5. The van der Waals surface area contributed by atoms with Gasteiger partial charge in [0.25, 0.3) is 0 Å². The second-order valence-electron chi connectivity index (χ2n) is 5.96. The molecule has 0 radical (unpaired) electrons. The number of carboxylic acid groups (broad SMARTS) is 1. The fraction of sp³-hybridized carbons (Fsp3) is 0.438. The molecule has 0 spiro atoms. The highest BCUT2D eigenvalue weighted by Gasteiger charge is 2.25. The van der Waals surface area contributed by atoms with Crippen molar-refractivity contribution in [2.24, 2.45) is 0 Å². The van der Waals surface area contributed by atoms with E-state index < -0.39 is 5.97 Å². The summed E-state index contributed by atoms with van der Waals surface area (Å²) in [5.74, 6) is -0.636. The minimum Gasteiger partial charge on any atom is -0.480 e. The van der Waals surface area contributed by atoms with Crippen LogP contribution in [0.3, 0.4) is 0 Å². The number of nitrogens with zero attached hydrogens (tertiary/aromatic N) is 4. The molecule has 3 rings (SSSR count). The van der Waals surface area contributed by atoms with Crippen LogP contribution in [0.1, 0.15) is 30.0 Å². The number of halogens is 2. The van der Waals surface area contributed by atoms with Crippen LogP contribution in [0.5, 0.6) is 0 Å². The van der Waals surface area contributed by atoms with Crippen molar-refractivity contribution in [3.63, 3.8) is 0 Å². The van der Waals surface area contributed by atoms with E-state index in [0.717, 1.165) is 37.2 Å². The first kappa shape index (κ1) is 17.2. The van der Waals surface area contributed by atoms with E-state index in [2.05, 4.69) is 15.0 Å². The van der Waals surface area contributed by atoms with Gasteiger partial charge in [0.05, 0.1) is 10.0 Å². The molecule has 0 bridgehead atoms. The van der Waals surface area contributed by atoms with Crippen molar-refractivity contribution < 1.29 is 9.90 Å². The summed E-state index contributed by atoms with van der Waals surface area (Å²) in [4.78, 5) is 17.2. The molecule has 6 nitrogen and oxygen atoms in total. The third-order valence-corrected chi connectivity index (χ3v) is 4.94. The van der Waals surface area contributed by atoms with Gasteiger partial charge in [-0.3, -0.25) is 19.4 Å². The van der Waals surface area contributed by atoms with Gasteiger partial charge in [-0.05, 0) is 25.5 Å². The van der Waals surface area contributed by atoms with E-state index in [-0.39, 0.29) is 12.5 Å². The molecule has 0 aromatic carbocycles. The highest BCUT2D eigenvalue weighted by molar-refractivity contribution is 6.35. The molecule has 0 unspecified atom stereocenters. The molecular formula is C16H18Cl2N4O2. The minimum atomic E-state index is -0.886. The fourth-order valence-electron chi connectivity index (χ4n) is 3.20. The van der Waals surface area contributed by atoms with Gasteiger partial charge in [-0.1, -0.05) is 23.2 Å². The number of hydrogen-bond acceptors (Lipinski definition) is 4. The fourth-order valence-corrected chi connectivity index (χ4v) is 3.69. The van der Waals surface area contributed by atoms with Crippen molar-refractivity contribution in [3.05, 3.63) is 46.0 Å². The average molecular weight is 369 g/mol. The number of aliphatic carboxylic acids is 1. The molecule has 2 aromatic rings.